The third-order valence-corrected chi connectivity index (χ3v) is 4.54. The summed E-state index contributed by atoms with van der Waals surface area (Å²) in [4.78, 5) is 0.539. The third kappa shape index (κ3) is 2.62. The molecule has 0 saturated carbocycles. The number of rotatable bonds is 4. The van der Waals surface area contributed by atoms with Gasteiger partial charge in [-0.25, -0.2) is 8.42 Å². The van der Waals surface area contributed by atoms with Crippen molar-refractivity contribution in [1.82, 2.24) is 0 Å². The molecule has 3 rings (SSSR count). The molecule has 4 nitrogen and oxygen atoms in total. The van der Waals surface area contributed by atoms with Gasteiger partial charge in [-0.05, 0) is 36.4 Å². The van der Waals surface area contributed by atoms with Crippen LogP contribution in [-0.2, 0) is 14.6 Å². The van der Waals surface area contributed by atoms with Crippen LogP contribution in [0.3, 0.4) is 0 Å². The van der Waals surface area contributed by atoms with Gasteiger partial charge in [0.15, 0.2) is 0 Å². The molecule has 1 unspecified atom stereocenters. The van der Waals surface area contributed by atoms with Crippen molar-refractivity contribution in [3.8, 4) is 5.75 Å². The highest BCUT2D eigenvalue weighted by molar-refractivity contribution is 7.91. The molecule has 0 radical (unpaired) electrons. The summed E-state index contributed by atoms with van der Waals surface area (Å²) >= 11 is 0. The van der Waals surface area contributed by atoms with Crippen molar-refractivity contribution in [1.29, 1.82) is 0 Å². The molecule has 2 aromatic rings. The highest BCUT2D eigenvalue weighted by atomic mass is 32.2. The van der Waals surface area contributed by atoms with E-state index in [2.05, 4.69) is 0 Å². The van der Waals surface area contributed by atoms with Gasteiger partial charge in [0.25, 0.3) is 0 Å². The molecule has 98 valence electrons. The predicted octanol–water partition coefficient (Wildman–Crippen LogP) is 2.25. The summed E-state index contributed by atoms with van der Waals surface area (Å²) < 4.78 is 34.9. The second-order valence-corrected chi connectivity index (χ2v) is 6.12. The first-order chi connectivity index (χ1) is 9.16. The van der Waals surface area contributed by atoms with E-state index in [4.69, 9.17) is 9.47 Å². The SMILES string of the molecule is O=S(=O)(c1ccccc1)c1ccc(OC2CO2)cc1. The lowest BCUT2D eigenvalue weighted by Crippen LogP contribution is -2.02. The van der Waals surface area contributed by atoms with E-state index >= 15 is 0 Å². The molecule has 1 atom stereocenters. The Bertz CT molecular complexity index is 658. The van der Waals surface area contributed by atoms with Crippen molar-refractivity contribution in [2.45, 2.75) is 16.1 Å². The van der Waals surface area contributed by atoms with E-state index in [1.807, 2.05) is 0 Å². The van der Waals surface area contributed by atoms with Crippen LogP contribution in [0, 0.1) is 0 Å². The van der Waals surface area contributed by atoms with Gasteiger partial charge in [-0.2, -0.15) is 0 Å². The molecule has 1 heterocycles. The van der Waals surface area contributed by atoms with E-state index < -0.39 is 9.84 Å². The van der Waals surface area contributed by atoms with Crippen LogP contribution in [0.25, 0.3) is 0 Å². The molecular weight excluding hydrogens is 264 g/mol. The molecule has 1 aliphatic rings. The van der Waals surface area contributed by atoms with Crippen molar-refractivity contribution in [2.24, 2.45) is 0 Å². The number of ether oxygens (including phenoxy) is 2. The highest BCUT2D eigenvalue weighted by Gasteiger charge is 2.25. The molecule has 1 fully saturated rings. The topological polar surface area (TPSA) is 55.9 Å². The number of benzene rings is 2. The van der Waals surface area contributed by atoms with Gasteiger partial charge < -0.3 is 9.47 Å². The summed E-state index contributed by atoms with van der Waals surface area (Å²) in [5, 5.41) is 0. The Morgan fingerprint density at radius 3 is 2.11 bits per heavy atom. The van der Waals surface area contributed by atoms with Gasteiger partial charge in [-0.15, -0.1) is 0 Å². The fraction of sp³-hybridized carbons (Fsp3) is 0.143. The molecule has 1 saturated heterocycles. The van der Waals surface area contributed by atoms with E-state index in [0.29, 0.717) is 12.4 Å². The van der Waals surface area contributed by atoms with Crippen LogP contribution in [0.15, 0.2) is 64.4 Å². The predicted molar refractivity (Wildman–Crippen MR) is 68.7 cm³/mol. The molecule has 0 amide bonds. The van der Waals surface area contributed by atoms with Crippen molar-refractivity contribution >= 4 is 9.84 Å². The first-order valence-electron chi connectivity index (χ1n) is 5.85. The van der Waals surface area contributed by atoms with Gasteiger partial charge in [0, 0.05) is 0 Å². The summed E-state index contributed by atoms with van der Waals surface area (Å²) in [5.41, 5.74) is 0. The highest BCUT2D eigenvalue weighted by Crippen LogP contribution is 2.24. The van der Waals surface area contributed by atoms with Crippen LogP contribution in [-0.4, -0.2) is 21.3 Å². The quantitative estimate of drug-likeness (QED) is 0.804. The van der Waals surface area contributed by atoms with Crippen LogP contribution in [0.5, 0.6) is 5.75 Å². The molecule has 0 aromatic heterocycles. The molecule has 19 heavy (non-hydrogen) atoms. The van der Waals surface area contributed by atoms with E-state index in [1.165, 1.54) is 0 Å². The number of sulfone groups is 1. The Kier molecular flexibility index (Phi) is 3.00. The van der Waals surface area contributed by atoms with Crippen molar-refractivity contribution < 1.29 is 17.9 Å². The molecule has 0 N–H and O–H groups in total. The van der Waals surface area contributed by atoms with E-state index in [0.717, 1.165) is 0 Å². The Morgan fingerprint density at radius 2 is 1.53 bits per heavy atom. The van der Waals surface area contributed by atoms with Crippen LogP contribution >= 0.6 is 0 Å². The van der Waals surface area contributed by atoms with Crippen molar-refractivity contribution in [2.75, 3.05) is 6.61 Å². The van der Waals surface area contributed by atoms with Gasteiger partial charge in [-0.3, -0.25) is 0 Å². The van der Waals surface area contributed by atoms with Crippen LogP contribution in [0.4, 0.5) is 0 Å². The van der Waals surface area contributed by atoms with E-state index in [-0.39, 0.29) is 16.1 Å². The lowest BCUT2D eigenvalue weighted by molar-refractivity contribution is 0.179. The molecule has 5 heteroatoms. The van der Waals surface area contributed by atoms with Crippen LogP contribution in [0.2, 0.25) is 0 Å². The smallest absolute Gasteiger partial charge is 0.223 e. The molecule has 1 aliphatic heterocycles. The second kappa shape index (κ2) is 4.68. The monoisotopic (exact) mass is 276 g/mol. The lowest BCUT2D eigenvalue weighted by atomic mass is 10.3. The molecule has 0 bridgehead atoms. The summed E-state index contributed by atoms with van der Waals surface area (Å²) in [6.45, 7) is 0.587. The lowest BCUT2D eigenvalue weighted by Gasteiger charge is -2.06. The summed E-state index contributed by atoms with van der Waals surface area (Å²) in [7, 11) is -3.46. The molecule has 2 aromatic carbocycles. The van der Waals surface area contributed by atoms with Crippen molar-refractivity contribution in [3.05, 3.63) is 54.6 Å². The maximum Gasteiger partial charge on any atom is 0.223 e. The first kappa shape index (κ1) is 12.2. The second-order valence-electron chi connectivity index (χ2n) is 4.17. The minimum absolute atomic E-state index is 0.184. The van der Waals surface area contributed by atoms with Gasteiger partial charge in [0.2, 0.25) is 16.1 Å². The zero-order valence-corrected chi connectivity index (χ0v) is 10.8. The minimum Gasteiger partial charge on any atom is -0.462 e. The molecular formula is C14H12O4S. The average molecular weight is 276 g/mol. The van der Waals surface area contributed by atoms with Gasteiger partial charge in [0.05, 0.1) is 9.79 Å². The third-order valence-electron chi connectivity index (χ3n) is 2.76. The first-order valence-corrected chi connectivity index (χ1v) is 7.33. The number of epoxide rings is 1. The van der Waals surface area contributed by atoms with Crippen molar-refractivity contribution in [3.63, 3.8) is 0 Å². The molecule has 0 aliphatic carbocycles. The fourth-order valence-electron chi connectivity index (χ4n) is 1.69. The van der Waals surface area contributed by atoms with Crippen LogP contribution < -0.4 is 4.74 Å². The maximum absolute atomic E-state index is 12.3. The maximum atomic E-state index is 12.3. The largest absolute Gasteiger partial charge is 0.462 e. The Morgan fingerprint density at radius 1 is 0.947 bits per heavy atom. The summed E-state index contributed by atoms with van der Waals surface area (Å²) in [6.07, 6.45) is -0.184. The van der Waals surface area contributed by atoms with E-state index in [1.54, 1.807) is 54.6 Å². The Labute approximate surface area is 111 Å². The van der Waals surface area contributed by atoms with Crippen LogP contribution in [0.1, 0.15) is 0 Å². The fourth-order valence-corrected chi connectivity index (χ4v) is 2.97. The van der Waals surface area contributed by atoms with Gasteiger partial charge in [0.1, 0.15) is 12.4 Å². The van der Waals surface area contributed by atoms with Gasteiger partial charge >= 0.3 is 0 Å². The standard InChI is InChI=1S/C14H12O4S/c15-19(16,12-4-2-1-3-5-12)13-8-6-11(7-9-13)18-14-10-17-14/h1-9,14H,10H2. The summed E-state index contributed by atoms with van der Waals surface area (Å²) in [6, 6.07) is 14.7. The van der Waals surface area contributed by atoms with E-state index in [9.17, 15) is 8.42 Å². The zero-order valence-electron chi connectivity index (χ0n) is 10.0. The minimum atomic E-state index is -3.46. The van der Waals surface area contributed by atoms with Gasteiger partial charge in [-0.1, -0.05) is 18.2 Å². The number of hydrogen-bond acceptors (Lipinski definition) is 4. The summed E-state index contributed by atoms with van der Waals surface area (Å²) in [5.74, 6) is 0.606. The Hall–Kier alpha value is -1.85. The zero-order chi connectivity index (χ0) is 13.3. The molecule has 0 spiro atoms. The Balaban J connectivity index is 1.88. The normalized spacial score (nSPS) is 18.0. The number of hydrogen-bond donors (Lipinski definition) is 0. The average Bonchev–Trinajstić information content (AvgIpc) is 3.24.